The predicted molar refractivity (Wildman–Crippen MR) is 95.1 cm³/mol. The van der Waals surface area contributed by atoms with Gasteiger partial charge < -0.3 is 14.5 Å². The number of furan rings is 1. The molecule has 0 fully saturated rings. The van der Waals surface area contributed by atoms with Crippen molar-refractivity contribution in [1.82, 2.24) is 10.7 Å². The molecular formula is C15H16BrN3O2S. The fourth-order valence-electron chi connectivity index (χ4n) is 1.65. The maximum atomic E-state index is 5.70. The highest BCUT2D eigenvalue weighted by molar-refractivity contribution is 9.10. The van der Waals surface area contributed by atoms with Crippen LogP contribution in [-0.4, -0.2) is 31.6 Å². The summed E-state index contributed by atoms with van der Waals surface area (Å²) in [5, 5.41) is 7.41. The van der Waals surface area contributed by atoms with Crippen molar-refractivity contribution in [3.05, 3.63) is 46.6 Å². The van der Waals surface area contributed by atoms with Crippen LogP contribution in [0.25, 0.3) is 11.3 Å². The lowest BCUT2D eigenvalue weighted by Crippen LogP contribution is -2.34. The molecule has 0 radical (unpaired) electrons. The Bertz CT molecular complexity index is 640. The van der Waals surface area contributed by atoms with Crippen LogP contribution in [0.5, 0.6) is 0 Å². The van der Waals surface area contributed by atoms with E-state index in [9.17, 15) is 0 Å². The molecule has 22 heavy (non-hydrogen) atoms. The molecule has 2 N–H and O–H groups in total. The molecule has 0 aliphatic carbocycles. The molecule has 1 aromatic heterocycles. The second-order valence-electron chi connectivity index (χ2n) is 4.33. The topological polar surface area (TPSA) is 58.8 Å². The van der Waals surface area contributed by atoms with Crippen molar-refractivity contribution in [3.8, 4) is 11.3 Å². The van der Waals surface area contributed by atoms with Gasteiger partial charge in [0.2, 0.25) is 0 Å². The Kier molecular flexibility index (Phi) is 6.57. The third kappa shape index (κ3) is 5.25. The first-order valence-corrected chi connectivity index (χ1v) is 7.81. The molecule has 1 aromatic carbocycles. The summed E-state index contributed by atoms with van der Waals surface area (Å²) in [7, 11) is 1.64. The van der Waals surface area contributed by atoms with E-state index in [1.165, 1.54) is 0 Å². The number of hydrazone groups is 1. The van der Waals surface area contributed by atoms with Crippen molar-refractivity contribution >= 4 is 39.5 Å². The third-order valence-electron chi connectivity index (χ3n) is 2.71. The van der Waals surface area contributed by atoms with Gasteiger partial charge in [0.15, 0.2) is 5.11 Å². The summed E-state index contributed by atoms with van der Waals surface area (Å²) in [4.78, 5) is 0. The molecule has 2 aromatic rings. The second-order valence-corrected chi connectivity index (χ2v) is 5.65. The quantitative estimate of drug-likeness (QED) is 0.348. The minimum Gasteiger partial charge on any atom is -0.455 e. The number of hydrogen-bond donors (Lipinski definition) is 2. The largest absolute Gasteiger partial charge is 0.455 e. The first-order valence-electron chi connectivity index (χ1n) is 6.60. The highest BCUT2D eigenvalue weighted by Crippen LogP contribution is 2.23. The molecule has 116 valence electrons. The Hall–Kier alpha value is -1.70. The number of nitrogens with one attached hydrogen (secondary N) is 2. The summed E-state index contributed by atoms with van der Waals surface area (Å²) in [5.41, 5.74) is 3.72. The molecule has 5 nitrogen and oxygen atoms in total. The predicted octanol–water partition coefficient (Wildman–Crippen LogP) is 3.15. The van der Waals surface area contributed by atoms with E-state index in [4.69, 9.17) is 21.4 Å². The average Bonchev–Trinajstić information content (AvgIpc) is 2.97. The molecule has 2 rings (SSSR count). The smallest absolute Gasteiger partial charge is 0.187 e. The highest BCUT2D eigenvalue weighted by Gasteiger charge is 2.03. The molecule has 0 saturated carbocycles. The van der Waals surface area contributed by atoms with Gasteiger partial charge in [0.05, 0.1) is 12.8 Å². The molecule has 0 bridgehead atoms. The van der Waals surface area contributed by atoms with E-state index in [-0.39, 0.29) is 0 Å². The summed E-state index contributed by atoms with van der Waals surface area (Å²) in [6.45, 7) is 1.21. The van der Waals surface area contributed by atoms with Crippen molar-refractivity contribution in [1.29, 1.82) is 0 Å². The molecule has 0 amide bonds. The molecule has 1 heterocycles. The van der Waals surface area contributed by atoms with E-state index in [0.717, 1.165) is 15.8 Å². The van der Waals surface area contributed by atoms with Crippen LogP contribution in [0.1, 0.15) is 5.76 Å². The number of halogens is 1. The van der Waals surface area contributed by atoms with Gasteiger partial charge in [0.25, 0.3) is 0 Å². The van der Waals surface area contributed by atoms with Crippen LogP contribution in [0, 0.1) is 0 Å². The lowest BCUT2D eigenvalue weighted by molar-refractivity contribution is 0.204. The SMILES string of the molecule is COCCNC(=S)N/N=C\c1ccc(-c2ccc(Br)cc2)o1. The van der Waals surface area contributed by atoms with Crippen LogP contribution in [0.15, 0.2) is 50.4 Å². The van der Waals surface area contributed by atoms with E-state index >= 15 is 0 Å². The number of thiocarbonyl (C=S) groups is 1. The maximum Gasteiger partial charge on any atom is 0.187 e. The summed E-state index contributed by atoms with van der Waals surface area (Å²) in [6.07, 6.45) is 1.58. The van der Waals surface area contributed by atoms with Crippen LogP contribution in [0.4, 0.5) is 0 Å². The van der Waals surface area contributed by atoms with Crippen LogP contribution >= 0.6 is 28.1 Å². The van der Waals surface area contributed by atoms with Gasteiger partial charge >= 0.3 is 0 Å². The molecule has 7 heteroatoms. The molecule has 0 spiro atoms. The summed E-state index contributed by atoms with van der Waals surface area (Å²) < 4.78 is 11.6. The summed E-state index contributed by atoms with van der Waals surface area (Å²) >= 11 is 8.46. The number of hydrogen-bond acceptors (Lipinski definition) is 4. The first kappa shape index (κ1) is 16.7. The van der Waals surface area contributed by atoms with Gasteiger partial charge in [0, 0.05) is 23.7 Å². The summed E-state index contributed by atoms with van der Waals surface area (Å²) in [6, 6.07) is 11.7. The Morgan fingerprint density at radius 2 is 2.09 bits per heavy atom. The number of nitrogens with zero attached hydrogens (tertiary/aromatic N) is 1. The average molecular weight is 382 g/mol. The van der Waals surface area contributed by atoms with Gasteiger partial charge in [0.1, 0.15) is 11.5 Å². The fourth-order valence-corrected chi connectivity index (χ4v) is 2.07. The van der Waals surface area contributed by atoms with Crippen molar-refractivity contribution in [2.75, 3.05) is 20.3 Å². The Balaban J connectivity index is 1.87. The lowest BCUT2D eigenvalue weighted by atomic mass is 10.2. The van der Waals surface area contributed by atoms with Crippen molar-refractivity contribution in [2.24, 2.45) is 5.10 Å². The molecule has 0 aliphatic rings. The van der Waals surface area contributed by atoms with Crippen LogP contribution in [0.3, 0.4) is 0 Å². The monoisotopic (exact) mass is 381 g/mol. The molecule has 0 atom stereocenters. The second kappa shape index (κ2) is 8.67. The fraction of sp³-hybridized carbons (Fsp3) is 0.200. The first-order chi connectivity index (χ1) is 10.7. The van der Waals surface area contributed by atoms with E-state index in [0.29, 0.717) is 24.0 Å². The third-order valence-corrected chi connectivity index (χ3v) is 3.47. The molecule has 0 unspecified atom stereocenters. The van der Waals surface area contributed by atoms with Crippen molar-refractivity contribution in [3.63, 3.8) is 0 Å². The minimum absolute atomic E-state index is 0.438. The zero-order valence-electron chi connectivity index (χ0n) is 12.0. The van der Waals surface area contributed by atoms with Crippen LogP contribution < -0.4 is 10.7 Å². The maximum absolute atomic E-state index is 5.70. The standard InChI is InChI=1S/C15H16BrN3O2S/c1-20-9-8-17-15(22)19-18-10-13-6-7-14(21-13)11-2-4-12(16)5-3-11/h2-7,10H,8-9H2,1H3,(H2,17,19,22)/b18-10-. The van der Waals surface area contributed by atoms with Gasteiger partial charge in [-0.25, -0.2) is 0 Å². The molecule has 0 aliphatic heterocycles. The van der Waals surface area contributed by atoms with Crippen LogP contribution in [0.2, 0.25) is 0 Å². The van der Waals surface area contributed by atoms with Gasteiger partial charge in [-0.15, -0.1) is 0 Å². The highest BCUT2D eigenvalue weighted by atomic mass is 79.9. The van der Waals surface area contributed by atoms with E-state index in [2.05, 4.69) is 31.8 Å². The number of ether oxygens (including phenoxy) is 1. The van der Waals surface area contributed by atoms with Crippen LogP contribution in [-0.2, 0) is 4.74 Å². The Morgan fingerprint density at radius 1 is 1.32 bits per heavy atom. The Labute approximate surface area is 142 Å². The zero-order valence-corrected chi connectivity index (χ0v) is 14.4. The summed E-state index contributed by atoms with van der Waals surface area (Å²) in [5.74, 6) is 1.43. The van der Waals surface area contributed by atoms with Gasteiger partial charge in [-0.3, -0.25) is 5.43 Å². The molecular weight excluding hydrogens is 366 g/mol. The van der Waals surface area contributed by atoms with Gasteiger partial charge in [-0.2, -0.15) is 5.10 Å². The Morgan fingerprint density at radius 3 is 2.82 bits per heavy atom. The minimum atomic E-state index is 0.438. The van der Waals surface area contributed by atoms with E-state index in [1.54, 1.807) is 13.3 Å². The lowest BCUT2D eigenvalue weighted by Gasteiger charge is -2.05. The zero-order chi connectivity index (χ0) is 15.8. The number of benzene rings is 1. The normalized spacial score (nSPS) is 10.8. The van der Waals surface area contributed by atoms with Gasteiger partial charge in [-0.1, -0.05) is 28.1 Å². The number of rotatable bonds is 6. The van der Waals surface area contributed by atoms with E-state index in [1.807, 2.05) is 36.4 Å². The van der Waals surface area contributed by atoms with E-state index < -0.39 is 0 Å². The van der Waals surface area contributed by atoms with Crippen molar-refractivity contribution < 1.29 is 9.15 Å². The van der Waals surface area contributed by atoms with Crippen molar-refractivity contribution in [2.45, 2.75) is 0 Å². The molecule has 0 saturated heterocycles. The van der Waals surface area contributed by atoms with Gasteiger partial charge in [-0.05, 0) is 36.5 Å². The number of methoxy groups -OCH3 is 1.